The van der Waals surface area contributed by atoms with Gasteiger partial charge in [-0.3, -0.25) is 4.98 Å². The summed E-state index contributed by atoms with van der Waals surface area (Å²) in [6, 6.07) is 5.87. The van der Waals surface area contributed by atoms with Gasteiger partial charge in [0.15, 0.2) is 11.5 Å². The van der Waals surface area contributed by atoms with Crippen molar-refractivity contribution in [2.45, 2.75) is 13.3 Å². The zero-order valence-corrected chi connectivity index (χ0v) is 10.7. The molecule has 0 aliphatic carbocycles. The van der Waals surface area contributed by atoms with E-state index in [0.29, 0.717) is 17.1 Å². The molecule has 4 nitrogen and oxygen atoms in total. The number of aryl methyl sites for hydroxylation is 1. The first-order chi connectivity index (χ1) is 8.74. The molecule has 2 aromatic rings. The molecule has 92 valence electrons. The van der Waals surface area contributed by atoms with Crippen molar-refractivity contribution < 1.29 is 9.47 Å². The number of ether oxygens (including phenoxy) is 2. The highest BCUT2D eigenvalue weighted by molar-refractivity contribution is 5.87. The molecule has 0 saturated heterocycles. The summed E-state index contributed by atoms with van der Waals surface area (Å²) in [7, 11) is 3.19. The number of hydrogen-bond acceptors (Lipinski definition) is 4. The van der Waals surface area contributed by atoms with Crippen molar-refractivity contribution in [1.29, 1.82) is 5.26 Å². The monoisotopic (exact) mass is 242 g/mol. The van der Waals surface area contributed by atoms with Crippen molar-refractivity contribution in [3.8, 4) is 17.6 Å². The van der Waals surface area contributed by atoms with Crippen molar-refractivity contribution in [3.63, 3.8) is 0 Å². The van der Waals surface area contributed by atoms with E-state index in [2.05, 4.69) is 11.1 Å². The Morgan fingerprint density at radius 2 is 1.89 bits per heavy atom. The van der Waals surface area contributed by atoms with E-state index in [0.717, 1.165) is 22.9 Å². The Balaban J connectivity index is 2.81. The lowest BCUT2D eigenvalue weighted by Crippen LogP contribution is -1.96. The van der Waals surface area contributed by atoms with E-state index in [-0.39, 0.29) is 0 Å². The highest BCUT2D eigenvalue weighted by Gasteiger charge is 2.12. The Kier molecular flexibility index (Phi) is 3.33. The van der Waals surface area contributed by atoms with Crippen LogP contribution in [0.2, 0.25) is 0 Å². The first-order valence-electron chi connectivity index (χ1n) is 5.68. The van der Waals surface area contributed by atoms with Crippen LogP contribution in [0.15, 0.2) is 18.3 Å². The molecule has 1 aromatic carbocycles. The number of pyridine rings is 1. The number of methoxy groups -OCH3 is 2. The topological polar surface area (TPSA) is 55.1 Å². The Labute approximate surface area is 106 Å². The van der Waals surface area contributed by atoms with Crippen molar-refractivity contribution >= 4 is 10.9 Å². The molecule has 0 saturated carbocycles. The van der Waals surface area contributed by atoms with Crippen LogP contribution in [0.25, 0.3) is 10.9 Å². The second kappa shape index (κ2) is 4.92. The molecule has 0 N–H and O–H groups in total. The lowest BCUT2D eigenvalue weighted by Gasteiger charge is -2.11. The minimum atomic E-state index is 0.609. The van der Waals surface area contributed by atoms with Gasteiger partial charge in [-0.2, -0.15) is 5.26 Å². The Morgan fingerprint density at radius 1 is 1.22 bits per heavy atom. The van der Waals surface area contributed by atoms with E-state index in [9.17, 15) is 0 Å². The lowest BCUT2D eigenvalue weighted by atomic mass is 10.0. The first-order valence-corrected chi connectivity index (χ1v) is 5.68. The molecule has 0 amide bonds. The summed E-state index contributed by atoms with van der Waals surface area (Å²) in [5, 5.41) is 10.0. The van der Waals surface area contributed by atoms with Crippen LogP contribution in [-0.2, 0) is 6.42 Å². The largest absolute Gasteiger partial charge is 0.493 e. The van der Waals surface area contributed by atoms with Gasteiger partial charge in [-0.05, 0) is 18.1 Å². The predicted molar refractivity (Wildman–Crippen MR) is 68.9 cm³/mol. The second-order valence-corrected chi connectivity index (χ2v) is 3.84. The van der Waals surface area contributed by atoms with Gasteiger partial charge in [0.25, 0.3) is 0 Å². The van der Waals surface area contributed by atoms with Gasteiger partial charge in [0, 0.05) is 17.6 Å². The fourth-order valence-corrected chi connectivity index (χ4v) is 2.05. The summed E-state index contributed by atoms with van der Waals surface area (Å²) in [5.41, 5.74) is 2.41. The number of nitrogens with zero attached hydrogens (tertiary/aromatic N) is 2. The highest BCUT2D eigenvalue weighted by Crippen LogP contribution is 2.33. The molecule has 0 aliphatic heterocycles. The Bertz CT molecular complexity index is 630. The molecule has 1 aromatic heterocycles. The summed E-state index contributed by atoms with van der Waals surface area (Å²) in [6.45, 7) is 2.02. The minimum absolute atomic E-state index is 0.609. The molecular weight excluding hydrogens is 228 g/mol. The first kappa shape index (κ1) is 12.2. The zero-order valence-electron chi connectivity index (χ0n) is 10.7. The molecule has 0 unspecified atom stereocenters. The third-order valence-corrected chi connectivity index (χ3v) is 2.96. The summed E-state index contributed by atoms with van der Waals surface area (Å²) in [5.74, 6) is 1.29. The van der Waals surface area contributed by atoms with E-state index in [1.165, 1.54) is 0 Å². The number of aromatic nitrogens is 1. The highest BCUT2D eigenvalue weighted by atomic mass is 16.5. The summed E-state index contributed by atoms with van der Waals surface area (Å²) < 4.78 is 10.5. The fraction of sp³-hybridized carbons (Fsp3) is 0.286. The molecule has 0 bridgehead atoms. The van der Waals surface area contributed by atoms with Crippen molar-refractivity contribution in [2.24, 2.45) is 0 Å². The van der Waals surface area contributed by atoms with Crippen LogP contribution in [0.3, 0.4) is 0 Å². The predicted octanol–water partition coefficient (Wildman–Crippen LogP) is 2.69. The molecule has 4 heteroatoms. The van der Waals surface area contributed by atoms with Crippen LogP contribution >= 0.6 is 0 Å². The maximum atomic E-state index is 9.09. The summed E-state index contributed by atoms with van der Waals surface area (Å²) in [6.07, 6.45) is 2.38. The van der Waals surface area contributed by atoms with Crippen LogP contribution < -0.4 is 9.47 Å². The standard InChI is InChI=1S/C14H14N2O2/c1-4-10-9(7-15)8-16-12-6-14(18-3)13(17-2)5-11(10)12/h5-6,8H,4H2,1-3H3. The van der Waals surface area contributed by atoms with E-state index in [1.54, 1.807) is 20.4 Å². The number of hydrogen-bond donors (Lipinski definition) is 0. The number of rotatable bonds is 3. The number of fused-ring (bicyclic) bond motifs is 1. The van der Waals surface area contributed by atoms with Gasteiger partial charge < -0.3 is 9.47 Å². The molecule has 0 aliphatic rings. The van der Waals surface area contributed by atoms with Crippen LogP contribution in [0.4, 0.5) is 0 Å². The van der Waals surface area contributed by atoms with E-state index in [1.807, 2.05) is 19.1 Å². The maximum absolute atomic E-state index is 9.09. The fourth-order valence-electron chi connectivity index (χ4n) is 2.05. The minimum Gasteiger partial charge on any atom is -0.493 e. The summed E-state index contributed by atoms with van der Waals surface area (Å²) in [4.78, 5) is 4.29. The lowest BCUT2D eigenvalue weighted by molar-refractivity contribution is 0.356. The molecule has 0 radical (unpaired) electrons. The molecule has 18 heavy (non-hydrogen) atoms. The van der Waals surface area contributed by atoms with Crippen molar-refractivity contribution in [1.82, 2.24) is 4.98 Å². The molecule has 1 heterocycles. The van der Waals surface area contributed by atoms with Gasteiger partial charge in [-0.25, -0.2) is 0 Å². The van der Waals surface area contributed by atoms with Crippen LogP contribution in [0.1, 0.15) is 18.1 Å². The van der Waals surface area contributed by atoms with Gasteiger partial charge >= 0.3 is 0 Å². The Hall–Kier alpha value is -2.28. The quantitative estimate of drug-likeness (QED) is 0.830. The summed E-state index contributed by atoms with van der Waals surface area (Å²) >= 11 is 0. The third kappa shape index (κ3) is 1.84. The van der Waals surface area contributed by atoms with Crippen molar-refractivity contribution in [3.05, 3.63) is 29.5 Å². The van der Waals surface area contributed by atoms with Gasteiger partial charge in [0.1, 0.15) is 6.07 Å². The average molecular weight is 242 g/mol. The molecular formula is C14H14N2O2. The third-order valence-electron chi connectivity index (χ3n) is 2.96. The molecule has 2 rings (SSSR count). The van der Waals surface area contributed by atoms with Gasteiger partial charge in [-0.15, -0.1) is 0 Å². The van der Waals surface area contributed by atoms with E-state index >= 15 is 0 Å². The van der Waals surface area contributed by atoms with E-state index in [4.69, 9.17) is 14.7 Å². The number of benzene rings is 1. The van der Waals surface area contributed by atoms with E-state index < -0.39 is 0 Å². The van der Waals surface area contributed by atoms with Gasteiger partial charge in [-0.1, -0.05) is 6.92 Å². The van der Waals surface area contributed by atoms with Crippen molar-refractivity contribution in [2.75, 3.05) is 14.2 Å². The molecule has 0 atom stereocenters. The van der Waals surface area contributed by atoms with Gasteiger partial charge in [0.05, 0.1) is 25.3 Å². The maximum Gasteiger partial charge on any atom is 0.162 e. The Morgan fingerprint density at radius 3 is 2.44 bits per heavy atom. The number of nitriles is 1. The normalized spacial score (nSPS) is 10.1. The average Bonchev–Trinajstić information content (AvgIpc) is 2.44. The van der Waals surface area contributed by atoms with Crippen LogP contribution in [0, 0.1) is 11.3 Å². The van der Waals surface area contributed by atoms with Crippen LogP contribution in [0.5, 0.6) is 11.5 Å². The van der Waals surface area contributed by atoms with Gasteiger partial charge in [0.2, 0.25) is 0 Å². The molecule has 0 spiro atoms. The van der Waals surface area contributed by atoms with Crippen LogP contribution in [-0.4, -0.2) is 19.2 Å². The second-order valence-electron chi connectivity index (χ2n) is 3.84. The molecule has 0 fully saturated rings. The SMILES string of the molecule is CCc1c(C#N)cnc2cc(OC)c(OC)cc12. The zero-order chi connectivity index (χ0) is 13.1. The smallest absolute Gasteiger partial charge is 0.162 e.